The molecule has 0 bridgehead atoms. The molecule has 154 valence electrons. The van der Waals surface area contributed by atoms with Crippen LogP contribution in [0.4, 0.5) is 11.9 Å². The molecular formula is C19H18BrClN8O. The van der Waals surface area contributed by atoms with Crippen molar-refractivity contribution in [3.05, 3.63) is 52.0 Å². The second-order valence-electron chi connectivity index (χ2n) is 6.75. The van der Waals surface area contributed by atoms with Crippen molar-refractivity contribution in [3.8, 4) is 11.3 Å². The number of morpholine rings is 1. The number of nitrogens with zero attached hydrogens (tertiary/aromatic N) is 6. The Kier molecular flexibility index (Phi) is 5.28. The second-order valence-corrected chi connectivity index (χ2v) is 8.01. The van der Waals surface area contributed by atoms with Gasteiger partial charge in [0.2, 0.25) is 11.9 Å². The molecule has 9 nitrogen and oxygen atoms in total. The van der Waals surface area contributed by atoms with Gasteiger partial charge >= 0.3 is 0 Å². The number of hydrogen-bond donors (Lipinski definition) is 2. The molecule has 3 aromatic heterocycles. The molecule has 0 amide bonds. The highest BCUT2D eigenvalue weighted by atomic mass is 79.9. The molecule has 0 spiro atoms. The van der Waals surface area contributed by atoms with Crippen LogP contribution in [0.25, 0.3) is 16.9 Å². The summed E-state index contributed by atoms with van der Waals surface area (Å²) in [7, 11) is 0. The van der Waals surface area contributed by atoms with Crippen molar-refractivity contribution in [2.45, 2.75) is 6.54 Å². The Labute approximate surface area is 185 Å². The predicted octanol–water partition coefficient (Wildman–Crippen LogP) is 3.38. The monoisotopic (exact) mass is 488 g/mol. The van der Waals surface area contributed by atoms with E-state index >= 15 is 0 Å². The van der Waals surface area contributed by atoms with Crippen LogP contribution in [0, 0.1) is 0 Å². The van der Waals surface area contributed by atoms with E-state index in [0.29, 0.717) is 42.3 Å². The van der Waals surface area contributed by atoms with Crippen LogP contribution in [0.2, 0.25) is 5.02 Å². The van der Waals surface area contributed by atoms with Crippen LogP contribution in [0.1, 0.15) is 5.82 Å². The molecule has 5 rings (SSSR count). The summed E-state index contributed by atoms with van der Waals surface area (Å²) in [5, 5.41) is 8.37. The first-order valence-corrected chi connectivity index (χ1v) is 10.6. The first kappa shape index (κ1) is 19.3. The lowest BCUT2D eigenvalue weighted by molar-refractivity contribution is 0.122. The Morgan fingerprint density at radius 1 is 1.17 bits per heavy atom. The highest BCUT2D eigenvalue weighted by molar-refractivity contribution is 9.10. The molecule has 1 saturated heterocycles. The van der Waals surface area contributed by atoms with Crippen LogP contribution >= 0.6 is 27.5 Å². The number of aromatic amines is 1. The third-order valence-electron chi connectivity index (χ3n) is 4.81. The van der Waals surface area contributed by atoms with Crippen molar-refractivity contribution in [1.29, 1.82) is 0 Å². The molecule has 4 aromatic rings. The first-order chi connectivity index (χ1) is 14.7. The molecule has 30 heavy (non-hydrogen) atoms. The van der Waals surface area contributed by atoms with Gasteiger partial charge in [0.1, 0.15) is 5.82 Å². The molecule has 11 heteroatoms. The van der Waals surface area contributed by atoms with Gasteiger partial charge in [-0.05, 0) is 22.0 Å². The maximum atomic E-state index is 6.29. The van der Waals surface area contributed by atoms with Gasteiger partial charge < -0.3 is 19.9 Å². The SMILES string of the molecule is Clc1ccccc1-c1cnc(CNc2nc(N3CCOCC3)nc3c(Br)cnn23)[nH]1. The number of benzene rings is 1. The summed E-state index contributed by atoms with van der Waals surface area (Å²) >= 11 is 9.81. The fourth-order valence-electron chi connectivity index (χ4n) is 3.29. The number of anilines is 2. The number of hydrogen-bond acceptors (Lipinski definition) is 7. The van der Waals surface area contributed by atoms with Gasteiger partial charge in [0, 0.05) is 23.7 Å². The van der Waals surface area contributed by atoms with Gasteiger partial charge in [0.15, 0.2) is 5.65 Å². The summed E-state index contributed by atoms with van der Waals surface area (Å²) in [5.74, 6) is 1.99. The number of imidazole rings is 1. The molecule has 2 N–H and O–H groups in total. The van der Waals surface area contributed by atoms with Crippen LogP contribution in [0.15, 0.2) is 41.1 Å². The fraction of sp³-hybridized carbons (Fsp3) is 0.263. The lowest BCUT2D eigenvalue weighted by Gasteiger charge is -2.27. The molecular weight excluding hydrogens is 472 g/mol. The Balaban J connectivity index is 1.41. The van der Waals surface area contributed by atoms with Crippen molar-refractivity contribution >= 4 is 45.1 Å². The minimum atomic E-state index is 0.441. The number of rotatable bonds is 5. The second kappa shape index (κ2) is 8.21. The van der Waals surface area contributed by atoms with Crippen molar-refractivity contribution < 1.29 is 4.74 Å². The molecule has 1 fully saturated rings. The number of H-pyrrole nitrogens is 1. The summed E-state index contributed by atoms with van der Waals surface area (Å²) in [6, 6.07) is 7.66. The van der Waals surface area contributed by atoms with Crippen LogP contribution in [0.3, 0.4) is 0 Å². The van der Waals surface area contributed by atoms with Crippen LogP contribution in [0.5, 0.6) is 0 Å². The smallest absolute Gasteiger partial charge is 0.230 e. The van der Waals surface area contributed by atoms with Gasteiger partial charge in [0.05, 0.1) is 42.3 Å². The number of nitrogens with one attached hydrogen (secondary N) is 2. The van der Waals surface area contributed by atoms with E-state index in [0.717, 1.165) is 34.6 Å². The fourth-order valence-corrected chi connectivity index (χ4v) is 3.88. The molecule has 0 unspecified atom stereocenters. The van der Waals surface area contributed by atoms with E-state index < -0.39 is 0 Å². The zero-order valence-corrected chi connectivity index (χ0v) is 18.2. The Hall–Kier alpha value is -2.69. The van der Waals surface area contributed by atoms with Crippen LogP contribution in [-0.4, -0.2) is 55.9 Å². The van der Waals surface area contributed by atoms with Crippen molar-refractivity contribution in [1.82, 2.24) is 29.5 Å². The quantitative estimate of drug-likeness (QED) is 0.444. The predicted molar refractivity (Wildman–Crippen MR) is 118 cm³/mol. The highest BCUT2D eigenvalue weighted by Crippen LogP contribution is 2.26. The van der Waals surface area contributed by atoms with E-state index in [1.807, 2.05) is 24.3 Å². The molecule has 1 aliphatic rings. The average molecular weight is 490 g/mol. The molecule has 0 saturated carbocycles. The zero-order chi connectivity index (χ0) is 20.5. The van der Waals surface area contributed by atoms with E-state index in [2.05, 4.69) is 46.2 Å². The molecule has 0 aliphatic carbocycles. The van der Waals surface area contributed by atoms with Crippen molar-refractivity contribution in [3.63, 3.8) is 0 Å². The normalized spacial score (nSPS) is 14.4. The van der Waals surface area contributed by atoms with E-state index in [4.69, 9.17) is 21.3 Å². The highest BCUT2D eigenvalue weighted by Gasteiger charge is 2.18. The number of halogens is 2. The Morgan fingerprint density at radius 2 is 2.00 bits per heavy atom. The minimum Gasteiger partial charge on any atom is -0.378 e. The zero-order valence-electron chi connectivity index (χ0n) is 15.8. The first-order valence-electron chi connectivity index (χ1n) is 9.45. The molecule has 0 atom stereocenters. The maximum absolute atomic E-state index is 6.29. The van der Waals surface area contributed by atoms with Gasteiger partial charge in [-0.1, -0.05) is 29.8 Å². The van der Waals surface area contributed by atoms with Gasteiger partial charge in [-0.15, -0.1) is 0 Å². The number of ether oxygens (including phenoxy) is 1. The van der Waals surface area contributed by atoms with E-state index in [9.17, 15) is 0 Å². The van der Waals surface area contributed by atoms with E-state index in [1.165, 1.54) is 0 Å². The largest absolute Gasteiger partial charge is 0.378 e. The lowest BCUT2D eigenvalue weighted by atomic mass is 10.2. The summed E-state index contributed by atoms with van der Waals surface area (Å²) in [6.07, 6.45) is 3.48. The van der Waals surface area contributed by atoms with Gasteiger partial charge in [0.25, 0.3) is 0 Å². The van der Waals surface area contributed by atoms with Gasteiger partial charge in [-0.25, -0.2) is 4.98 Å². The lowest BCUT2D eigenvalue weighted by Crippen LogP contribution is -2.37. The van der Waals surface area contributed by atoms with E-state index in [1.54, 1.807) is 16.9 Å². The molecule has 1 aromatic carbocycles. The third-order valence-corrected chi connectivity index (χ3v) is 5.70. The number of aromatic nitrogens is 6. The van der Waals surface area contributed by atoms with E-state index in [-0.39, 0.29) is 0 Å². The van der Waals surface area contributed by atoms with Crippen LogP contribution < -0.4 is 10.2 Å². The summed E-state index contributed by atoms with van der Waals surface area (Å²) < 4.78 is 7.92. The summed E-state index contributed by atoms with van der Waals surface area (Å²) in [4.78, 5) is 19.2. The van der Waals surface area contributed by atoms with Crippen molar-refractivity contribution in [2.75, 3.05) is 36.5 Å². The maximum Gasteiger partial charge on any atom is 0.230 e. The average Bonchev–Trinajstić information content (AvgIpc) is 3.40. The molecule has 1 aliphatic heterocycles. The summed E-state index contributed by atoms with van der Waals surface area (Å²) in [6.45, 7) is 3.27. The standard InChI is InChI=1S/C19H18BrClN8O/c20-13-9-24-29-17(13)26-19(28-5-7-30-8-6-28)27-18(29)23-11-16-22-10-15(25-16)12-3-1-2-4-14(12)21/h1-4,9-10H,5-8,11H2,(H,22,25)(H,23,26,27). The summed E-state index contributed by atoms with van der Waals surface area (Å²) in [5.41, 5.74) is 2.47. The van der Waals surface area contributed by atoms with Crippen molar-refractivity contribution in [2.24, 2.45) is 0 Å². The third kappa shape index (κ3) is 3.73. The molecule has 0 radical (unpaired) electrons. The Bertz CT molecular complexity index is 1190. The Morgan fingerprint density at radius 3 is 2.83 bits per heavy atom. The van der Waals surface area contributed by atoms with Gasteiger partial charge in [-0.3, -0.25) is 0 Å². The topological polar surface area (TPSA) is 96.3 Å². The molecule has 4 heterocycles. The van der Waals surface area contributed by atoms with Gasteiger partial charge in [-0.2, -0.15) is 19.6 Å². The minimum absolute atomic E-state index is 0.441. The number of fused-ring (bicyclic) bond motifs is 1. The van der Waals surface area contributed by atoms with Crippen LogP contribution in [-0.2, 0) is 11.3 Å².